The number of halogens is 1. The van der Waals surface area contributed by atoms with Crippen LogP contribution in [0.1, 0.15) is 11.3 Å². The number of aromatic nitrogens is 2. The van der Waals surface area contributed by atoms with Crippen molar-refractivity contribution in [2.45, 2.75) is 6.92 Å². The van der Waals surface area contributed by atoms with Gasteiger partial charge in [-0.3, -0.25) is 19.6 Å². The first-order valence-corrected chi connectivity index (χ1v) is 7.96. The topological polar surface area (TPSA) is 116 Å². The van der Waals surface area contributed by atoms with Crippen molar-refractivity contribution in [1.82, 2.24) is 20.8 Å². The van der Waals surface area contributed by atoms with Crippen molar-refractivity contribution in [2.75, 3.05) is 23.3 Å². The number of hydrazine groups is 1. The van der Waals surface area contributed by atoms with Gasteiger partial charge in [-0.05, 0) is 29.4 Å². The molecule has 1 aromatic carbocycles. The molecule has 0 saturated heterocycles. The minimum absolute atomic E-state index is 0.109. The number of nitrogens with zero attached hydrogens (tertiary/aromatic N) is 5. The molecule has 11 heteroatoms. The molecule has 0 unspecified atom stereocenters. The van der Waals surface area contributed by atoms with E-state index in [1.54, 1.807) is 33.4 Å². The first-order chi connectivity index (χ1) is 11.4. The number of hydroxylamine groups is 1. The van der Waals surface area contributed by atoms with Gasteiger partial charge in [-0.2, -0.15) is 0 Å². The predicted octanol–water partition coefficient (Wildman–Crippen LogP) is 0.191. The minimum Gasteiger partial charge on any atom is -0.293 e. The van der Waals surface area contributed by atoms with E-state index in [0.29, 0.717) is 30.1 Å². The van der Waals surface area contributed by atoms with Gasteiger partial charge in [0.1, 0.15) is 7.85 Å². The Labute approximate surface area is 154 Å². The van der Waals surface area contributed by atoms with Gasteiger partial charge in [0.2, 0.25) is 5.82 Å². The zero-order chi connectivity index (χ0) is 17.7. The molecule has 4 N–H and O–H groups in total. The van der Waals surface area contributed by atoms with Crippen molar-refractivity contribution in [3.63, 3.8) is 0 Å². The first kappa shape index (κ1) is 18.6. The first-order valence-electron chi connectivity index (χ1n) is 6.99. The Morgan fingerprint density at radius 3 is 2.83 bits per heavy atom. The van der Waals surface area contributed by atoms with E-state index in [4.69, 9.17) is 18.3 Å². The molecule has 9 nitrogen and oxygen atoms in total. The summed E-state index contributed by atoms with van der Waals surface area (Å²) in [7, 11) is 7.56. The van der Waals surface area contributed by atoms with E-state index in [1.807, 2.05) is 12.4 Å². The number of amidine groups is 1. The molecule has 0 aliphatic heterocycles. The predicted molar refractivity (Wildman–Crippen MR) is 100 cm³/mol. The molecule has 0 amide bonds. The molecule has 1 heterocycles. The van der Waals surface area contributed by atoms with E-state index in [-0.39, 0.29) is 11.5 Å². The largest absolute Gasteiger partial charge is 0.293 e. The van der Waals surface area contributed by atoms with Crippen LogP contribution in [-0.4, -0.2) is 54.3 Å². The third-order valence-electron chi connectivity index (χ3n) is 3.17. The van der Waals surface area contributed by atoms with E-state index >= 15 is 0 Å². The summed E-state index contributed by atoms with van der Waals surface area (Å²) in [4.78, 5) is 4.33. The summed E-state index contributed by atoms with van der Waals surface area (Å²) in [5.41, 5.74) is 4.47. The standard InChI is InChI=1S/C13H17BIN7O2/c1-8-7-9(3-4-10(8)14)17-12(18-23)11-13(20-24-19-11)22(15)6-5-21(2)16/h3-4,7,23H,5-6,16H2,1-2H3,(H,17,18). The molecular formula is C13H17BIN7O2. The van der Waals surface area contributed by atoms with Gasteiger partial charge in [0.15, 0.2) is 11.5 Å². The van der Waals surface area contributed by atoms with Crippen molar-refractivity contribution >= 4 is 53.5 Å². The molecule has 0 saturated carbocycles. The third-order valence-corrected chi connectivity index (χ3v) is 4.11. The van der Waals surface area contributed by atoms with Crippen molar-refractivity contribution in [2.24, 2.45) is 10.8 Å². The van der Waals surface area contributed by atoms with Gasteiger partial charge in [0.25, 0.3) is 0 Å². The van der Waals surface area contributed by atoms with E-state index in [1.165, 1.54) is 0 Å². The van der Waals surface area contributed by atoms with Crippen molar-refractivity contribution < 1.29 is 9.84 Å². The lowest BCUT2D eigenvalue weighted by molar-refractivity contribution is 0.234. The molecule has 24 heavy (non-hydrogen) atoms. The number of aryl methyl sites for hydroxylation is 1. The third kappa shape index (κ3) is 4.66. The van der Waals surface area contributed by atoms with E-state index in [0.717, 1.165) is 5.56 Å². The lowest BCUT2D eigenvalue weighted by atomic mass is 9.91. The van der Waals surface area contributed by atoms with Gasteiger partial charge in [0.05, 0.1) is 28.6 Å². The van der Waals surface area contributed by atoms with Gasteiger partial charge < -0.3 is 0 Å². The lowest BCUT2D eigenvalue weighted by Gasteiger charge is -2.16. The number of aliphatic imine (C=N–C) groups is 1. The highest BCUT2D eigenvalue weighted by Gasteiger charge is 2.21. The second kappa shape index (κ2) is 8.42. The second-order valence-corrected chi connectivity index (χ2v) is 6.28. The van der Waals surface area contributed by atoms with Crippen molar-refractivity contribution in [3.05, 3.63) is 29.5 Å². The van der Waals surface area contributed by atoms with Gasteiger partial charge in [-0.15, -0.1) is 0 Å². The molecule has 2 radical (unpaired) electrons. The van der Waals surface area contributed by atoms with Crippen LogP contribution in [0.15, 0.2) is 27.8 Å². The van der Waals surface area contributed by atoms with E-state index in [2.05, 4.69) is 38.2 Å². The van der Waals surface area contributed by atoms with Crippen LogP contribution in [0.4, 0.5) is 11.5 Å². The highest BCUT2D eigenvalue weighted by molar-refractivity contribution is 14.1. The number of nitrogens with one attached hydrogen (secondary N) is 1. The molecule has 0 aliphatic rings. The molecule has 2 aromatic rings. The molecule has 2 rings (SSSR count). The van der Waals surface area contributed by atoms with Crippen LogP contribution in [0.5, 0.6) is 0 Å². The second-order valence-electron chi connectivity index (χ2n) is 5.12. The Bertz CT molecular complexity index is 722. The molecule has 1 aromatic heterocycles. The van der Waals surface area contributed by atoms with Crippen LogP contribution in [0.2, 0.25) is 0 Å². The smallest absolute Gasteiger partial charge is 0.213 e. The summed E-state index contributed by atoms with van der Waals surface area (Å²) in [6, 6.07) is 5.27. The SMILES string of the molecule is [B]c1ccc(N=C(NO)c2nonc2N(I)CCN(C)N)cc1C. The Kier molecular flexibility index (Phi) is 6.54. The normalized spacial score (nSPS) is 11.8. The van der Waals surface area contributed by atoms with Crippen LogP contribution >= 0.6 is 22.9 Å². The zero-order valence-corrected chi connectivity index (χ0v) is 15.4. The monoisotopic (exact) mass is 441 g/mol. The molecular weight excluding hydrogens is 424 g/mol. The summed E-state index contributed by atoms with van der Waals surface area (Å²) in [5, 5.41) is 18.7. The van der Waals surface area contributed by atoms with Gasteiger partial charge in [0, 0.05) is 20.1 Å². The van der Waals surface area contributed by atoms with Crippen LogP contribution in [-0.2, 0) is 0 Å². The Morgan fingerprint density at radius 1 is 1.46 bits per heavy atom. The highest BCUT2D eigenvalue weighted by Crippen LogP contribution is 2.21. The summed E-state index contributed by atoms with van der Waals surface area (Å²) in [5.74, 6) is 6.13. The maximum absolute atomic E-state index is 9.44. The number of hydrogen-bond acceptors (Lipinski definition) is 8. The number of rotatable bonds is 6. The van der Waals surface area contributed by atoms with Crippen LogP contribution in [0, 0.1) is 6.92 Å². The number of anilines is 1. The van der Waals surface area contributed by atoms with Gasteiger partial charge >= 0.3 is 0 Å². The fourth-order valence-electron chi connectivity index (χ4n) is 1.83. The molecule has 0 atom stereocenters. The Hall–Kier alpha value is -1.70. The molecule has 0 bridgehead atoms. The summed E-state index contributed by atoms with van der Waals surface area (Å²) < 4.78 is 6.57. The summed E-state index contributed by atoms with van der Waals surface area (Å²) >= 11 is 2.06. The molecule has 126 valence electrons. The fourth-order valence-corrected chi connectivity index (χ4v) is 2.37. The zero-order valence-electron chi connectivity index (χ0n) is 13.3. The van der Waals surface area contributed by atoms with Gasteiger partial charge in [-0.25, -0.2) is 14.6 Å². The molecule has 0 spiro atoms. The lowest BCUT2D eigenvalue weighted by Crippen LogP contribution is -2.33. The number of benzene rings is 1. The van der Waals surface area contributed by atoms with E-state index in [9.17, 15) is 5.21 Å². The summed E-state index contributed by atoms with van der Waals surface area (Å²) in [6.45, 7) is 3.05. The maximum Gasteiger partial charge on any atom is 0.213 e. The Morgan fingerprint density at radius 2 is 2.21 bits per heavy atom. The molecule has 0 fully saturated rings. The Balaban J connectivity index is 2.29. The van der Waals surface area contributed by atoms with Crippen LogP contribution in [0.25, 0.3) is 0 Å². The fraction of sp³-hybridized carbons (Fsp3) is 0.308. The van der Waals surface area contributed by atoms with Crippen molar-refractivity contribution in [1.29, 1.82) is 0 Å². The summed E-state index contributed by atoms with van der Waals surface area (Å²) in [6.07, 6.45) is 0. The molecule has 0 aliphatic carbocycles. The average Bonchev–Trinajstić information content (AvgIpc) is 3.03. The number of nitrogens with two attached hydrogens (primary N) is 1. The number of likely N-dealkylation sites (N-methyl/N-ethyl adjacent to an activating group) is 1. The quantitative estimate of drug-likeness (QED) is 0.111. The highest BCUT2D eigenvalue weighted by atomic mass is 127. The maximum atomic E-state index is 9.44. The van der Waals surface area contributed by atoms with E-state index < -0.39 is 0 Å². The minimum atomic E-state index is 0.109. The van der Waals surface area contributed by atoms with Crippen LogP contribution < -0.4 is 19.9 Å². The number of hydrogen-bond donors (Lipinski definition) is 3. The average molecular weight is 441 g/mol. The van der Waals surface area contributed by atoms with Crippen LogP contribution in [0.3, 0.4) is 0 Å². The van der Waals surface area contributed by atoms with Gasteiger partial charge in [-0.1, -0.05) is 17.1 Å². The van der Waals surface area contributed by atoms with Crippen molar-refractivity contribution in [3.8, 4) is 0 Å².